The lowest BCUT2D eigenvalue weighted by atomic mass is 10.3. The van der Waals surface area contributed by atoms with Gasteiger partial charge in [-0.25, -0.2) is 14.5 Å². The van der Waals surface area contributed by atoms with Gasteiger partial charge in [-0.3, -0.25) is 0 Å². The molecule has 2 aromatic rings. The maximum Gasteiger partial charge on any atom is 0.573 e. The summed E-state index contributed by atoms with van der Waals surface area (Å²) >= 11 is 0. The molecule has 0 radical (unpaired) electrons. The van der Waals surface area contributed by atoms with Gasteiger partial charge in [-0.15, -0.1) is 18.3 Å². The second kappa shape index (κ2) is 5.19. The summed E-state index contributed by atoms with van der Waals surface area (Å²) in [4.78, 5) is 14.9. The van der Waals surface area contributed by atoms with Crippen LogP contribution < -0.4 is 4.74 Å². The van der Waals surface area contributed by atoms with Gasteiger partial charge in [-0.2, -0.15) is 0 Å². The summed E-state index contributed by atoms with van der Waals surface area (Å²) < 4.78 is 45.4. The van der Waals surface area contributed by atoms with Crippen molar-refractivity contribution in [3.05, 3.63) is 36.4 Å². The van der Waals surface area contributed by atoms with Crippen LogP contribution in [0, 0.1) is 0 Å². The lowest BCUT2D eigenvalue weighted by molar-refractivity contribution is -0.274. The first-order chi connectivity index (χ1) is 9.39. The van der Waals surface area contributed by atoms with E-state index in [1.807, 2.05) is 0 Å². The first-order valence-electron chi connectivity index (χ1n) is 5.25. The lowest BCUT2D eigenvalue weighted by Gasteiger charge is -2.09. The number of esters is 1. The largest absolute Gasteiger partial charge is 0.573 e. The van der Waals surface area contributed by atoms with Gasteiger partial charge in [0.25, 0.3) is 5.82 Å². The van der Waals surface area contributed by atoms with Crippen LogP contribution in [0.2, 0.25) is 0 Å². The topological polar surface area (TPSA) is 66.2 Å². The Labute approximate surface area is 110 Å². The van der Waals surface area contributed by atoms with Crippen molar-refractivity contribution in [2.45, 2.75) is 6.36 Å². The number of hydrogen-bond donors (Lipinski definition) is 0. The summed E-state index contributed by atoms with van der Waals surface area (Å²) in [6, 6.07) is 4.94. The molecule has 0 bridgehead atoms. The maximum absolute atomic E-state index is 12.0. The Morgan fingerprint density at radius 2 is 1.90 bits per heavy atom. The van der Waals surface area contributed by atoms with Crippen molar-refractivity contribution >= 4 is 5.97 Å². The van der Waals surface area contributed by atoms with E-state index in [2.05, 4.69) is 19.6 Å². The number of benzene rings is 1. The van der Waals surface area contributed by atoms with Crippen molar-refractivity contribution in [3.63, 3.8) is 0 Å². The van der Waals surface area contributed by atoms with Crippen LogP contribution in [0.15, 0.2) is 30.6 Å². The Hall–Kier alpha value is -2.58. The molecule has 0 spiro atoms. The zero-order valence-corrected chi connectivity index (χ0v) is 10.1. The predicted molar refractivity (Wildman–Crippen MR) is 59.4 cm³/mol. The molecule has 0 saturated carbocycles. The van der Waals surface area contributed by atoms with Gasteiger partial charge in [0.1, 0.15) is 12.1 Å². The summed E-state index contributed by atoms with van der Waals surface area (Å²) in [6.45, 7) is 0. The Morgan fingerprint density at radius 1 is 1.25 bits per heavy atom. The molecule has 0 atom stereocenters. The third-order valence-electron chi connectivity index (χ3n) is 2.19. The molecule has 0 unspecified atom stereocenters. The highest BCUT2D eigenvalue weighted by molar-refractivity contribution is 5.84. The summed E-state index contributed by atoms with van der Waals surface area (Å²) in [5.41, 5.74) is 0.419. The number of alkyl halides is 3. The Morgan fingerprint density at radius 3 is 2.45 bits per heavy atom. The number of aromatic nitrogens is 3. The molecule has 106 valence electrons. The predicted octanol–water partition coefficient (Wildman–Crippen LogP) is 1.95. The van der Waals surface area contributed by atoms with Crippen molar-refractivity contribution in [2.75, 3.05) is 7.11 Å². The number of halogens is 3. The molecule has 0 aliphatic carbocycles. The fraction of sp³-hybridized carbons (Fsp3) is 0.182. The maximum atomic E-state index is 12.0. The average molecular weight is 287 g/mol. The molecule has 1 aromatic carbocycles. The number of methoxy groups -OCH3 is 1. The van der Waals surface area contributed by atoms with E-state index in [1.54, 1.807) is 0 Å². The summed E-state index contributed by atoms with van der Waals surface area (Å²) in [7, 11) is 1.19. The van der Waals surface area contributed by atoms with E-state index in [1.165, 1.54) is 30.3 Å². The monoisotopic (exact) mass is 287 g/mol. The highest BCUT2D eigenvalue weighted by Crippen LogP contribution is 2.23. The van der Waals surface area contributed by atoms with Gasteiger partial charge in [0, 0.05) is 0 Å². The van der Waals surface area contributed by atoms with Crippen LogP contribution in [-0.4, -0.2) is 34.2 Å². The first-order valence-corrected chi connectivity index (χ1v) is 5.25. The van der Waals surface area contributed by atoms with Gasteiger partial charge < -0.3 is 9.47 Å². The third-order valence-corrected chi connectivity index (χ3v) is 2.19. The normalized spacial score (nSPS) is 11.2. The summed E-state index contributed by atoms with van der Waals surface area (Å²) in [5.74, 6) is -1.21. The minimum atomic E-state index is -4.74. The molecule has 0 saturated heterocycles. The van der Waals surface area contributed by atoms with Crippen LogP contribution >= 0.6 is 0 Å². The number of ether oxygens (including phenoxy) is 2. The molecule has 1 aromatic heterocycles. The number of hydrogen-bond acceptors (Lipinski definition) is 5. The zero-order chi connectivity index (χ0) is 14.8. The molecule has 0 fully saturated rings. The fourth-order valence-electron chi connectivity index (χ4n) is 1.37. The molecule has 20 heavy (non-hydrogen) atoms. The van der Waals surface area contributed by atoms with E-state index >= 15 is 0 Å². The molecule has 0 aliphatic rings. The standard InChI is InChI=1S/C11H8F3N3O3/c1-19-10(18)9-15-6-17(16-9)7-2-4-8(5-3-7)20-11(12,13)14/h2-6H,1H3. The molecule has 9 heteroatoms. The molecule has 0 N–H and O–H groups in total. The number of nitrogens with zero attached hydrogens (tertiary/aromatic N) is 3. The van der Waals surface area contributed by atoms with Gasteiger partial charge in [-0.05, 0) is 24.3 Å². The van der Waals surface area contributed by atoms with Gasteiger partial charge >= 0.3 is 12.3 Å². The number of rotatable bonds is 3. The van der Waals surface area contributed by atoms with Crippen molar-refractivity contribution < 1.29 is 27.4 Å². The average Bonchev–Trinajstić information content (AvgIpc) is 2.86. The van der Waals surface area contributed by atoms with Crippen LogP contribution in [0.1, 0.15) is 10.6 Å². The first kappa shape index (κ1) is 13.8. The minimum Gasteiger partial charge on any atom is -0.463 e. The SMILES string of the molecule is COC(=O)c1ncn(-c2ccc(OC(F)(F)F)cc2)n1. The van der Waals surface area contributed by atoms with Gasteiger partial charge in [-0.1, -0.05) is 0 Å². The fourth-order valence-corrected chi connectivity index (χ4v) is 1.37. The summed E-state index contributed by atoms with van der Waals surface area (Å²) in [5, 5.41) is 3.82. The highest BCUT2D eigenvalue weighted by Gasteiger charge is 2.30. The highest BCUT2D eigenvalue weighted by atomic mass is 19.4. The minimum absolute atomic E-state index is 0.150. The van der Waals surface area contributed by atoms with Crippen LogP contribution in [0.4, 0.5) is 13.2 Å². The molecule has 0 amide bonds. The van der Waals surface area contributed by atoms with E-state index in [4.69, 9.17) is 0 Å². The van der Waals surface area contributed by atoms with Crippen LogP contribution in [0.25, 0.3) is 5.69 Å². The van der Waals surface area contributed by atoms with Crippen LogP contribution in [-0.2, 0) is 4.74 Å². The van der Waals surface area contributed by atoms with Crippen molar-refractivity contribution in [1.82, 2.24) is 14.8 Å². The van der Waals surface area contributed by atoms with Gasteiger partial charge in [0.15, 0.2) is 0 Å². The Kier molecular flexibility index (Phi) is 3.59. The molecule has 6 nitrogen and oxygen atoms in total. The van der Waals surface area contributed by atoms with E-state index in [0.717, 1.165) is 12.1 Å². The van der Waals surface area contributed by atoms with Crippen molar-refractivity contribution in [1.29, 1.82) is 0 Å². The van der Waals surface area contributed by atoms with Crippen LogP contribution in [0.5, 0.6) is 5.75 Å². The smallest absolute Gasteiger partial charge is 0.463 e. The van der Waals surface area contributed by atoms with Crippen molar-refractivity contribution in [2.24, 2.45) is 0 Å². The molecular weight excluding hydrogens is 279 g/mol. The zero-order valence-electron chi connectivity index (χ0n) is 10.1. The van der Waals surface area contributed by atoms with Crippen molar-refractivity contribution in [3.8, 4) is 11.4 Å². The molecule has 0 aliphatic heterocycles. The molecule has 1 heterocycles. The number of carbonyl (C=O) groups excluding carboxylic acids is 1. The Balaban J connectivity index is 2.18. The lowest BCUT2D eigenvalue weighted by Crippen LogP contribution is -2.17. The molecular formula is C11H8F3N3O3. The second-order valence-electron chi connectivity index (χ2n) is 3.55. The summed E-state index contributed by atoms with van der Waals surface area (Å²) in [6.07, 6.45) is -3.50. The third kappa shape index (κ3) is 3.25. The van der Waals surface area contributed by atoms with E-state index in [9.17, 15) is 18.0 Å². The van der Waals surface area contributed by atoms with Crippen LogP contribution in [0.3, 0.4) is 0 Å². The van der Waals surface area contributed by atoms with E-state index in [-0.39, 0.29) is 11.6 Å². The van der Waals surface area contributed by atoms with E-state index < -0.39 is 12.3 Å². The number of carbonyl (C=O) groups is 1. The second-order valence-corrected chi connectivity index (χ2v) is 3.55. The van der Waals surface area contributed by atoms with Gasteiger partial charge in [0.05, 0.1) is 12.8 Å². The quantitative estimate of drug-likeness (QED) is 0.807. The Bertz CT molecular complexity index is 607. The van der Waals surface area contributed by atoms with Gasteiger partial charge in [0.2, 0.25) is 0 Å². The van der Waals surface area contributed by atoms with E-state index in [0.29, 0.717) is 5.69 Å². The molecule has 2 rings (SSSR count).